The summed E-state index contributed by atoms with van der Waals surface area (Å²) in [6, 6.07) is 5.63. The molecule has 2 aromatic rings. The van der Waals surface area contributed by atoms with Gasteiger partial charge >= 0.3 is 5.97 Å². The Morgan fingerprint density at radius 3 is 2.76 bits per heavy atom. The van der Waals surface area contributed by atoms with E-state index in [2.05, 4.69) is 4.72 Å². The molecule has 21 heavy (non-hydrogen) atoms. The predicted molar refractivity (Wildman–Crippen MR) is 75.3 cm³/mol. The number of hydrogen-bond acceptors (Lipinski definition) is 4. The van der Waals surface area contributed by atoms with Crippen LogP contribution in [0, 0.1) is 5.92 Å². The van der Waals surface area contributed by atoms with E-state index < -0.39 is 22.0 Å². The highest BCUT2D eigenvalue weighted by atomic mass is 32.2. The summed E-state index contributed by atoms with van der Waals surface area (Å²) < 4.78 is 32.3. The van der Waals surface area contributed by atoms with Gasteiger partial charge in [-0.1, -0.05) is 25.0 Å². The van der Waals surface area contributed by atoms with Gasteiger partial charge in [0.15, 0.2) is 0 Å². The minimum absolute atomic E-state index is 0.0276. The van der Waals surface area contributed by atoms with E-state index in [-0.39, 0.29) is 4.90 Å². The van der Waals surface area contributed by atoms with Crippen molar-refractivity contribution in [1.82, 2.24) is 4.72 Å². The zero-order valence-electron chi connectivity index (χ0n) is 11.2. The quantitative estimate of drug-likeness (QED) is 0.850. The number of carbonyl (C=O) groups is 1. The molecule has 0 unspecified atom stereocenters. The Morgan fingerprint density at radius 2 is 2.10 bits per heavy atom. The summed E-state index contributed by atoms with van der Waals surface area (Å²) >= 11 is 0. The molecule has 0 spiro atoms. The van der Waals surface area contributed by atoms with Crippen molar-refractivity contribution in [2.45, 2.75) is 30.2 Å². The van der Waals surface area contributed by atoms with E-state index in [1.54, 1.807) is 24.3 Å². The average Bonchev–Trinajstić information content (AvgIpc) is 3.13. The van der Waals surface area contributed by atoms with Crippen LogP contribution in [0.15, 0.2) is 39.8 Å². The van der Waals surface area contributed by atoms with E-state index in [1.165, 1.54) is 0 Å². The minimum atomic E-state index is -3.93. The van der Waals surface area contributed by atoms with Gasteiger partial charge in [0.25, 0.3) is 0 Å². The molecule has 3 rings (SSSR count). The van der Waals surface area contributed by atoms with Crippen LogP contribution in [0.25, 0.3) is 11.0 Å². The van der Waals surface area contributed by atoms with E-state index >= 15 is 0 Å². The summed E-state index contributed by atoms with van der Waals surface area (Å²) in [6.45, 7) is 0. The SMILES string of the molecule is O=C(O)[C@H](CC1CC1)NS(=O)(=O)c1coc2ccccc12. The van der Waals surface area contributed by atoms with Crippen molar-refractivity contribution in [1.29, 1.82) is 0 Å². The van der Waals surface area contributed by atoms with Crippen LogP contribution < -0.4 is 4.72 Å². The van der Waals surface area contributed by atoms with Gasteiger partial charge in [-0.25, -0.2) is 8.42 Å². The third-order valence-electron chi connectivity index (χ3n) is 3.60. The molecular weight excluding hydrogens is 294 g/mol. The lowest BCUT2D eigenvalue weighted by Gasteiger charge is -2.13. The topological polar surface area (TPSA) is 96.6 Å². The zero-order chi connectivity index (χ0) is 15.0. The zero-order valence-corrected chi connectivity index (χ0v) is 12.0. The highest BCUT2D eigenvalue weighted by Gasteiger charge is 2.33. The van der Waals surface area contributed by atoms with Crippen molar-refractivity contribution in [3.05, 3.63) is 30.5 Å². The number of para-hydroxylation sites is 1. The summed E-state index contributed by atoms with van der Waals surface area (Å²) in [6.07, 6.45) is 3.38. The van der Waals surface area contributed by atoms with E-state index in [0.717, 1.165) is 19.1 Å². The first kappa shape index (κ1) is 14.1. The second-order valence-electron chi connectivity index (χ2n) is 5.29. The van der Waals surface area contributed by atoms with Crippen LogP contribution in [0.4, 0.5) is 0 Å². The van der Waals surface area contributed by atoms with Crippen LogP contribution in [0.1, 0.15) is 19.3 Å². The molecule has 112 valence electrons. The van der Waals surface area contributed by atoms with E-state index in [9.17, 15) is 18.3 Å². The molecule has 2 N–H and O–H groups in total. The lowest BCUT2D eigenvalue weighted by atomic mass is 10.1. The second-order valence-corrected chi connectivity index (χ2v) is 6.97. The van der Waals surface area contributed by atoms with Gasteiger partial charge in [0.2, 0.25) is 10.0 Å². The average molecular weight is 309 g/mol. The number of furan rings is 1. The number of hydrogen-bond donors (Lipinski definition) is 2. The van der Waals surface area contributed by atoms with Gasteiger partial charge < -0.3 is 9.52 Å². The fourth-order valence-corrected chi connectivity index (χ4v) is 3.63. The molecule has 6 nitrogen and oxygen atoms in total. The lowest BCUT2D eigenvalue weighted by Crippen LogP contribution is -2.41. The van der Waals surface area contributed by atoms with Gasteiger partial charge in [0.1, 0.15) is 22.8 Å². The fourth-order valence-electron chi connectivity index (χ4n) is 2.30. The molecule has 0 aliphatic heterocycles. The lowest BCUT2D eigenvalue weighted by molar-refractivity contribution is -0.139. The molecule has 1 aliphatic rings. The summed E-state index contributed by atoms with van der Waals surface area (Å²) in [7, 11) is -3.93. The first-order chi connectivity index (χ1) is 9.97. The highest BCUT2D eigenvalue weighted by Crippen LogP contribution is 2.34. The molecule has 1 aliphatic carbocycles. The summed E-state index contributed by atoms with van der Waals surface area (Å²) in [5.41, 5.74) is 0.451. The maximum Gasteiger partial charge on any atom is 0.321 e. The van der Waals surface area contributed by atoms with Gasteiger partial charge in [-0.2, -0.15) is 4.72 Å². The normalized spacial score (nSPS) is 17.0. The maximum absolute atomic E-state index is 12.4. The van der Waals surface area contributed by atoms with Gasteiger partial charge in [-0.15, -0.1) is 0 Å². The first-order valence-electron chi connectivity index (χ1n) is 6.69. The number of sulfonamides is 1. The number of aliphatic carboxylic acids is 1. The second kappa shape index (κ2) is 5.16. The third-order valence-corrected chi connectivity index (χ3v) is 5.09. The monoisotopic (exact) mass is 309 g/mol. The Labute approximate surface area is 121 Å². The van der Waals surface area contributed by atoms with Crippen LogP contribution in [-0.4, -0.2) is 25.5 Å². The Kier molecular flexibility index (Phi) is 3.46. The third kappa shape index (κ3) is 2.93. The van der Waals surface area contributed by atoms with Crippen molar-refractivity contribution in [3.63, 3.8) is 0 Å². The van der Waals surface area contributed by atoms with Crippen LogP contribution >= 0.6 is 0 Å². The first-order valence-corrected chi connectivity index (χ1v) is 8.17. The Bertz CT molecular complexity index is 776. The molecule has 1 saturated carbocycles. The Morgan fingerprint density at radius 1 is 1.38 bits per heavy atom. The molecule has 1 aromatic heterocycles. The molecular formula is C14H15NO5S. The largest absolute Gasteiger partial charge is 0.480 e. The van der Waals surface area contributed by atoms with Gasteiger partial charge in [-0.3, -0.25) is 4.79 Å². The summed E-state index contributed by atoms with van der Waals surface area (Å²) in [4.78, 5) is 11.2. The molecule has 1 atom stereocenters. The standard InChI is InChI=1S/C14H15NO5S/c16-14(17)11(7-9-5-6-9)15-21(18,19)13-8-20-12-4-2-1-3-10(12)13/h1-4,8-9,11,15H,5-7H2,(H,16,17)/t11-/m0/s1. The molecule has 7 heteroatoms. The highest BCUT2D eigenvalue weighted by molar-refractivity contribution is 7.89. The fraction of sp³-hybridized carbons (Fsp3) is 0.357. The van der Waals surface area contributed by atoms with E-state index in [1.807, 2.05) is 0 Å². The molecule has 0 amide bonds. The molecule has 1 heterocycles. The van der Waals surface area contributed by atoms with Crippen molar-refractivity contribution >= 4 is 27.0 Å². The van der Waals surface area contributed by atoms with Gasteiger partial charge in [0, 0.05) is 5.39 Å². The number of nitrogens with one attached hydrogen (secondary N) is 1. The molecule has 0 saturated heterocycles. The predicted octanol–water partition coefficient (Wildman–Crippen LogP) is 1.96. The number of rotatable bonds is 6. The Balaban J connectivity index is 1.90. The van der Waals surface area contributed by atoms with Crippen LogP contribution in [-0.2, 0) is 14.8 Å². The number of carboxylic acid groups (broad SMARTS) is 1. The van der Waals surface area contributed by atoms with E-state index in [4.69, 9.17) is 4.42 Å². The van der Waals surface area contributed by atoms with Crippen LogP contribution in [0.5, 0.6) is 0 Å². The summed E-state index contributed by atoms with van der Waals surface area (Å²) in [5, 5.41) is 9.62. The van der Waals surface area contributed by atoms with Crippen molar-refractivity contribution < 1.29 is 22.7 Å². The Hall–Kier alpha value is -1.86. The number of benzene rings is 1. The van der Waals surface area contributed by atoms with Crippen molar-refractivity contribution in [3.8, 4) is 0 Å². The van der Waals surface area contributed by atoms with Gasteiger partial charge in [0.05, 0.1) is 0 Å². The van der Waals surface area contributed by atoms with Crippen molar-refractivity contribution in [2.24, 2.45) is 5.92 Å². The minimum Gasteiger partial charge on any atom is -0.480 e. The molecule has 0 bridgehead atoms. The van der Waals surface area contributed by atoms with Crippen molar-refractivity contribution in [2.75, 3.05) is 0 Å². The van der Waals surface area contributed by atoms with Crippen LogP contribution in [0.3, 0.4) is 0 Å². The maximum atomic E-state index is 12.4. The van der Waals surface area contributed by atoms with Gasteiger partial charge in [-0.05, 0) is 24.5 Å². The molecule has 0 radical (unpaired) electrons. The number of fused-ring (bicyclic) bond motifs is 1. The molecule has 1 fully saturated rings. The number of carboxylic acids is 1. The summed E-state index contributed by atoms with van der Waals surface area (Å²) in [5.74, 6) is -0.854. The smallest absolute Gasteiger partial charge is 0.321 e. The molecule has 1 aromatic carbocycles. The van der Waals surface area contributed by atoms with Crippen LogP contribution in [0.2, 0.25) is 0 Å². The van der Waals surface area contributed by atoms with E-state index in [0.29, 0.717) is 23.3 Å².